The van der Waals surface area contributed by atoms with Gasteiger partial charge in [0.25, 0.3) is 0 Å². The van der Waals surface area contributed by atoms with E-state index in [4.69, 9.17) is 4.42 Å². The molecule has 3 nitrogen and oxygen atoms in total. The predicted molar refractivity (Wildman–Crippen MR) is 62.2 cm³/mol. The average Bonchev–Trinajstić information content (AvgIpc) is 2.83. The maximum absolute atomic E-state index is 5.60. The van der Waals surface area contributed by atoms with Gasteiger partial charge in [0.2, 0.25) is 0 Å². The monoisotopic (exact) mass is 216 g/mol. The molecule has 0 N–H and O–H groups in total. The number of rotatable bonds is 1. The van der Waals surface area contributed by atoms with Crippen molar-refractivity contribution in [2.24, 2.45) is 5.92 Å². The molecule has 16 heavy (non-hydrogen) atoms. The molecule has 3 rings (SSSR count). The maximum Gasteiger partial charge on any atom is 0.154 e. The molecule has 0 spiro atoms. The molecule has 0 amide bonds. The van der Waals surface area contributed by atoms with E-state index in [2.05, 4.69) is 22.7 Å². The largest absolute Gasteiger partial charge is 0.460 e. The summed E-state index contributed by atoms with van der Waals surface area (Å²) >= 11 is 0. The number of imidazole rings is 1. The third-order valence-corrected chi connectivity index (χ3v) is 3.22. The minimum atomic E-state index is 0.757. The molecule has 0 fully saturated rings. The molecule has 2 aromatic rings. The standard InChI is InChI=1S/C13H16N2O/c1-9-3-6-13-14-11(8-15(13)7-9)12-5-4-10(2)16-12/h4-5,8-9H,3,6-7H2,1-2H3/t9-/m1/s1. The SMILES string of the molecule is Cc1ccc(-c2cn3c(n2)CC[C@@H](C)C3)o1. The lowest BCUT2D eigenvalue weighted by Crippen LogP contribution is -2.17. The third kappa shape index (κ3) is 1.56. The number of hydrogen-bond donors (Lipinski definition) is 0. The summed E-state index contributed by atoms with van der Waals surface area (Å²) in [4.78, 5) is 4.64. The van der Waals surface area contributed by atoms with Crippen LogP contribution in [0.1, 0.15) is 24.9 Å². The summed E-state index contributed by atoms with van der Waals surface area (Å²) in [6.07, 6.45) is 4.44. The van der Waals surface area contributed by atoms with Gasteiger partial charge in [0.15, 0.2) is 5.76 Å². The van der Waals surface area contributed by atoms with Crippen LogP contribution in [-0.4, -0.2) is 9.55 Å². The van der Waals surface area contributed by atoms with Crippen molar-refractivity contribution in [2.45, 2.75) is 33.2 Å². The summed E-state index contributed by atoms with van der Waals surface area (Å²) in [5, 5.41) is 0. The number of furan rings is 1. The molecule has 0 radical (unpaired) electrons. The van der Waals surface area contributed by atoms with Crippen molar-refractivity contribution < 1.29 is 4.42 Å². The molecule has 0 aromatic carbocycles. The van der Waals surface area contributed by atoms with Crippen LogP contribution in [0.25, 0.3) is 11.5 Å². The summed E-state index contributed by atoms with van der Waals surface area (Å²) in [6.45, 7) is 5.34. The molecule has 84 valence electrons. The molecule has 0 bridgehead atoms. The van der Waals surface area contributed by atoms with Crippen LogP contribution in [0.5, 0.6) is 0 Å². The van der Waals surface area contributed by atoms with Gasteiger partial charge >= 0.3 is 0 Å². The van der Waals surface area contributed by atoms with Gasteiger partial charge in [0, 0.05) is 19.2 Å². The minimum Gasteiger partial charge on any atom is -0.460 e. The van der Waals surface area contributed by atoms with Crippen LogP contribution < -0.4 is 0 Å². The van der Waals surface area contributed by atoms with E-state index in [1.54, 1.807) is 0 Å². The first-order chi connectivity index (χ1) is 7.72. The van der Waals surface area contributed by atoms with Gasteiger partial charge in [0.1, 0.15) is 17.3 Å². The van der Waals surface area contributed by atoms with Gasteiger partial charge in [-0.25, -0.2) is 4.98 Å². The number of fused-ring (bicyclic) bond motifs is 1. The first-order valence-electron chi connectivity index (χ1n) is 5.85. The summed E-state index contributed by atoms with van der Waals surface area (Å²) in [7, 11) is 0. The lowest BCUT2D eigenvalue weighted by atomic mass is 10.0. The summed E-state index contributed by atoms with van der Waals surface area (Å²) < 4.78 is 7.86. The number of aryl methyl sites for hydroxylation is 2. The van der Waals surface area contributed by atoms with E-state index in [1.807, 2.05) is 19.1 Å². The zero-order valence-electron chi connectivity index (χ0n) is 9.73. The zero-order valence-corrected chi connectivity index (χ0v) is 9.73. The molecule has 0 saturated heterocycles. The van der Waals surface area contributed by atoms with Gasteiger partial charge in [0.05, 0.1) is 0 Å². The van der Waals surface area contributed by atoms with Crippen molar-refractivity contribution in [1.82, 2.24) is 9.55 Å². The molecule has 3 heterocycles. The Hall–Kier alpha value is -1.51. The molecule has 0 saturated carbocycles. The second kappa shape index (κ2) is 3.51. The molecule has 0 unspecified atom stereocenters. The number of hydrogen-bond acceptors (Lipinski definition) is 2. The van der Waals surface area contributed by atoms with E-state index in [0.717, 1.165) is 36.1 Å². The molecule has 3 heteroatoms. The van der Waals surface area contributed by atoms with Crippen LogP contribution in [0.15, 0.2) is 22.7 Å². The predicted octanol–water partition coefficient (Wildman–Crippen LogP) is 3.03. The lowest BCUT2D eigenvalue weighted by molar-refractivity contribution is 0.394. The smallest absolute Gasteiger partial charge is 0.154 e. The van der Waals surface area contributed by atoms with Crippen LogP contribution >= 0.6 is 0 Å². The first-order valence-corrected chi connectivity index (χ1v) is 5.85. The van der Waals surface area contributed by atoms with Crippen molar-refractivity contribution in [2.75, 3.05) is 0 Å². The summed E-state index contributed by atoms with van der Waals surface area (Å²) in [6, 6.07) is 3.98. The van der Waals surface area contributed by atoms with Crippen LogP contribution in [0.2, 0.25) is 0 Å². The Morgan fingerprint density at radius 2 is 2.31 bits per heavy atom. The summed E-state index contributed by atoms with van der Waals surface area (Å²) in [5.41, 5.74) is 0.970. The van der Waals surface area contributed by atoms with E-state index < -0.39 is 0 Å². The second-order valence-corrected chi connectivity index (χ2v) is 4.75. The van der Waals surface area contributed by atoms with E-state index in [9.17, 15) is 0 Å². The number of nitrogens with zero attached hydrogens (tertiary/aromatic N) is 2. The van der Waals surface area contributed by atoms with E-state index in [0.29, 0.717) is 0 Å². The fraction of sp³-hybridized carbons (Fsp3) is 0.462. The second-order valence-electron chi connectivity index (χ2n) is 4.75. The molecular formula is C13H16N2O. The Morgan fingerprint density at radius 3 is 3.06 bits per heavy atom. The van der Waals surface area contributed by atoms with Crippen molar-refractivity contribution >= 4 is 0 Å². The van der Waals surface area contributed by atoms with Gasteiger partial charge in [-0.15, -0.1) is 0 Å². The van der Waals surface area contributed by atoms with Gasteiger partial charge in [-0.3, -0.25) is 0 Å². The molecule has 2 aromatic heterocycles. The van der Waals surface area contributed by atoms with Gasteiger partial charge in [-0.2, -0.15) is 0 Å². The molecular weight excluding hydrogens is 200 g/mol. The Balaban J connectivity index is 1.98. The van der Waals surface area contributed by atoms with E-state index in [1.165, 1.54) is 12.2 Å². The molecule has 1 atom stereocenters. The minimum absolute atomic E-state index is 0.757. The van der Waals surface area contributed by atoms with Crippen LogP contribution in [-0.2, 0) is 13.0 Å². The van der Waals surface area contributed by atoms with Gasteiger partial charge in [-0.05, 0) is 31.4 Å². The average molecular weight is 216 g/mol. The maximum atomic E-state index is 5.60. The molecule has 1 aliphatic rings. The van der Waals surface area contributed by atoms with Gasteiger partial charge < -0.3 is 8.98 Å². The fourth-order valence-electron chi connectivity index (χ4n) is 2.31. The Morgan fingerprint density at radius 1 is 1.44 bits per heavy atom. The van der Waals surface area contributed by atoms with Crippen LogP contribution in [0.3, 0.4) is 0 Å². The number of aromatic nitrogens is 2. The molecule has 0 aliphatic carbocycles. The topological polar surface area (TPSA) is 31.0 Å². The van der Waals surface area contributed by atoms with E-state index in [-0.39, 0.29) is 0 Å². The van der Waals surface area contributed by atoms with Crippen LogP contribution in [0.4, 0.5) is 0 Å². The highest BCUT2D eigenvalue weighted by Crippen LogP contribution is 2.25. The highest BCUT2D eigenvalue weighted by molar-refractivity contribution is 5.51. The Labute approximate surface area is 95.1 Å². The quantitative estimate of drug-likeness (QED) is 0.733. The van der Waals surface area contributed by atoms with Crippen LogP contribution in [0, 0.1) is 12.8 Å². The highest BCUT2D eigenvalue weighted by Gasteiger charge is 2.18. The Bertz CT molecular complexity index is 510. The lowest BCUT2D eigenvalue weighted by Gasteiger charge is -2.19. The van der Waals surface area contributed by atoms with E-state index >= 15 is 0 Å². The zero-order chi connectivity index (χ0) is 11.1. The molecule has 1 aliphatic heterocycles. The van der Waals surface area contributed by atoms with Crippen molar-refractivity contribution in [3.63, 3.8) is 0 Å². The van der Waals surface area contributed by atoms with Gasteiger partial charge in [-0.1, -0.05) is 6.92 Å². The third-order valence-electron chi connectivity index (χ3n) is 3.22. The van der Waals surface area contributed by atoms with Crippen molar-refractivity contribution in [3.05, 3.63) is 29.9 Å². The van der Waals surface area contributed by atoms with Crippen molar-refractivity contribution in [1.29, 1.82) is 0 Å². The highest BCUT2D eigenvalue weighted by atomic mass is 16.3. The fourth-order valence-corrected chi connectivity index (χ4v) is 2.31. The Kier molecular flexibility index (Phi) is 2.13. The normalized spacial score (nSPS) is 19.8. The summed E-state index contributed by atoms with van der Waals surface area (Å²) in [5.74, 6) is 3.77. The van der Waals surface area contributed by atoms with Crippen molar-refractivity contribution in [3.8, 4) is 11.5 Å². The first kappa shape index (κ1) is 9.70.